The van der Waals surface area contributed by atoms with E-state index >= 15 is 0 Å². The first-order chi connectivity index (χ1) is 13.9. The second-order valence-electron chi connectivity index (χ2n) is 6.72. The Balaban J connectivity index is 1.74. The molecule has 0 aliphatic rings. The lowest BCUT2D eigenvalue weighted by atomic mass is 10.0. The highest BCUT2D eigenvalue weighted by Gasteiger charge is 2.21. The van der Waals surface area contributed by atoms with E-state index in [9.17, 15) is 9.59 Å². The highest BCUT2D eigenvalue weighted by molar-refractivity contribution is 6.31. The maximum Gasteiger partial charge on any atom is 0.235 e. The van der Waals surface area contributed by atoms with E-state index < -0.39 is 5.43 Å². The highest BCUT2D eigenvalue weighted by atomic mass is 35.5. The third kappa shape index (κ3) is 3.69. The van der Waals surface area contributed by atoms with Crippen LogP contribution in [0.1, 0.15) is 21.5 Å². The van der Waals surface area contributed by atoms with Gasteiger partial charge in [-0.15, -0.1) is 0 Å². The van der Waals surface area contributed by atoms with Gasteiger partial charge in [-0.1, -0.05) is 23.7 Å². The van der Waals surface area contributed by atoms with Crippen LogP contribution in [0.25, 0.3) is 22.5 Å². The third-order valence-electron chi connectivity index (χ3n) is 4.73. The number of carbonyl (C=O) groups is 1. The molecule has 0 amide bonds. The van der Waals surface area contributed by atoms with Crippen LogP contribution >= 0.6 is 11.6 Å². The number of benzene rings is 2. The van der Waals surface area contributed by atoms with Gasteiger partial charge < -0.3 is 13.6 Å². The molecule has 0 spiro atoms. The normalized spacial score (nSPS) is 11.0. The molecule has 0 N–H and O–H groups in total. The SMILES string of the molecule is Cc1ccc(C(=O)COc2c(-c3ccco3)oc3ccc(Cl)cc3c2=O)cc1C. The van der Waals surface area contributed by atoms with Crippen molar-refractivity contribution in [3.8, 4) is 17.3 Å². The lowest BCUT2D eigenvalue weighted by Crippen LogP contribution is -2.17. The van der Waals surface area contributed by atoms with Gasteiger partial charge in [-0.2, -0.15) is 0 Å². The predicted molar refractivity (Wildman–Crippen MR) is 111 cm³/mol. The number of carbonyl (C=O) groups excluding carboxylic acids is 1. The molecule has 0 bridgehead atoms. The number of furan rings is 1. The summed E-state index contributed by atoms with van der Waals surface area (Å²) in [7, 11) is 0. The monoisotopic (exact) mass is 408 g/mol. The maximum atomic E-state index is 13.0. The highest BCUT2D eigenvalue weighted by Crippen LogP contribution is 2.32. The van der Waals surface area contributed by atoms with Crippen LogP contribution in [0.3, 0.4) is 0 Å². The van der Waals surface area contributed by atoms with Gasteiger partial charge in [0.1, 0.15) is 5.58 Å². The van der Waals surface area contributed by atoms with E-state index in [1.807, 2.05) is 19.9 Å². The number of rotatable bonds is 5. The molecule has 0 radical (unpaired) electrons. The van der Waals surface area contributed by atoms with Crippen LogP contribution in [0.4, 0.5) is 0 Å². The van der Waals surface area contributed by atoms with Gasteiger partial charge in [0.2, 0.25) is 16.9 Å². The Hall–Kier alpha value is -3.31. The predicted octanol–water partition coefficient (Wildman–Crippen LogP) is 5.58. The molecule has 0 atom stereocenters. The fourth-order valence-electron chi connectivity index (χ4n) is 2.99. The molecule has 29 heavy (non-hydrogen) atoms. The van der Waals surface area contributed by atoms with Crippen molar-refractivity contribution in [1.82, 2.24) is 0 Å². The van der Waals surface area contributed by atoms with Gasteiger partial charge in [-0.05, 0) is 61.4 Å². The lowest BCUT2D eigenvalue weighted by Gasteiger charge is -2.10. The molecule has 0 saturated heterocycles. The molecular weight excluding hydrogens is 392 g/mol. The van der Waals surface area contributed by atoms with Crippen LogP contribution in [0.5, 0.6) is 5.75 Å². The molecule has 2 aromatic carbocycles. The average molecular weight is 409 g/mol. The molecule has 0 fully saturated rings. The van der Waals surface area contributed by atoms with Crippen molar-refractivity contribution in [2.24, 2.45) is 0 Å². The quantitative estimate of drug-likeness (QED) is 0.403. The minimum atomic E-state index is -0.423. The summed E-state index contributed by atoms with van der Waals surface area (Å²) in [5.74, 6) is 0.117. The van der Waals surface area contributed by atoms with Crippen LogP contribution in [-0.4, -0.2) is 12.4 Å². The Bertz CT molecular complexity index is 1270. The minimum absolute atomic E-state index is 0.0908. The summed E-state index contributed by atoms with van der Waals surface area (Å²) in [6.45, 7) is 3.60. The number of hydrogen-bond donors (Lipinski definition) is 0. The van der Waals surface area contributed by atoms with Crippen LogP contribution in [0, 0.1) is 13.8 Å². The summed E-state index contributed by atoms with van der Waals surface area (Å²) in [6, 6.07) is 13.5. The zero-order valence-corrected chi connectivity index (χ0v) is 16.6. The van der Waals surface area contributed by atoms with Crippen molar-refractivity contribution < 1.29 is 18.4 Å². The summed E-state index contributed by atoms with van der Waals surface area (Å²) in [6.07, 6.45) is 1.46. The molecule has 0 aliphatic carbocycles. The Morgan fingerprint density at radius 2 is 1.90 bits per heavy atom. The van der Waals surface area contributed by atoms with Crippen molar-refractivity contribution in [2.45, 2.75) is 13.8 Å². The number of hydrogen-bond acceptors (Lipinski definition) is 5. The van der Waals surface area contributed by atoms with E-state index in [0.717, 1.165) is 11.1 Å². The lowest BCUT2D eigenvalue weighted by molar-refractivity contribution is 0.0920. The summed E-state index contributed by atoms with van der Waals surface area (Å²) < 4.78 is 16.9. The summed E-state index contributed by atoms with van der Waals surface area (Å²) >= 11 is 6.02. The maximum absolute atomic E-state index is 13.0. The molecule has 146 valence electrons. The summed E-state index contributed by atoms with van der Waals surface area (Å²) in [5, 5.41) is 0.661. The van der Waals surface area contributed by atoms with Crippen molar-refractivity contribution in [3.05, 3.63) is 86.7 Å². The Kier molecular flexibility index (Phi) is 4.99. The third-order valence-corrected chi connectivity index (χ3v) is 4.97. The smallest absolute Gasteiger partial charge is 0.235 e. The van der Waals surface area contributed by atoms with Gasteiger partial charge in [0.15, 0.2) is 18.2 Å². The largest absolute Gasteiger partial charge is 0.478 e. The van der Waals surface area contributed by atoms with Crippen LogP contribution in [0.15, 0.2) is 68.4 Å². The molecule has 4 aromatic rings. The minimum Gasteiger partial charge on any atom is -0.478 e. The first kappa shape index (κ1) is 19.0. The first-order valence-electron chi connectivity index (χ1n) is 8.97. The van der Waals surface area contributed by atoms with Gasteiger partial charge in [-0.3, -0.25) is 9.59 Å². The molecule has 0 saturated carbocycles. The molecule has 0 aliphatic heterocycles. The van der Waals surface area contributed by atoms with Gasteiger partial charge in [0.25, 0.3) is 0 Å². The second-order valence-corrected chi connectivity index (χ2v) is 7.15. The van der Waals surface area contributed by atoms with Crippen molar-refractivity contribution in [3.63, 3.8) is 0 Å². The number of ether oxygens (including phenoxy) is 1. The second kappa shape index (κ2) is 7.60. The Morgan fingerprint density at radius 1 is 1.07 bits per heavy atom. The van der Waals surface area contributed by atoms with Crippen LogP contribution < -0.4 is 10.2 Å². The van der Waals surface area contributed by atoms with E-state index in [2.05, 4.69) is 0 Å². The molecule has 2 heterocycles. The molecule has 5 nitrogen and oxygen atoms in total. The van der Waals surface area contributed by atoms with Gasteiger partial charge in [0, 0.05) is 10.6 Å². The van der Waals surface area contributed by atoms with E-state index in [4.69, 9.17) is 25.2 Å². The summed E-state index contributed by atoms with van der Waals surface area (Å²) in [5.41, 5.74) is 2.54. The number of Topliss-reactive ketones (excluding diaryl/α,β-unsaturated/α-hetero) is 1. The van der Waals surface area contributed by atoms with Crippen molar-refractivity contribution in [1.29, 1.82) is 0 Å². The zero-order valence-electron chi connectivity index (χ0n) is 15.8. The van der Waals surface area contributed by atoms with Crippen LogP contribution in [0.2, 0.25) is 5.02 Å². The first-order valence-corrected chi connectivity index (χ1v) is 9.35. The van der Waals surface area contributed by atoms with Gasteiger partial charge >= 0.3 is 0 Å². The van der Waals surface area contributed by atoms with Crippen molar-refractivity contribution >= 4 is 28.4 Å². The number of fused-ring (bicyclic) bond motifs is 1. The molecule has 4 rings (SSSR count). The molecule has 6 heteroatoms. The Labute approximate surface area is 171 Å². The number of aryl methyl sites for hydroxylation is 2. The van der Waals surface area contributed by atoms with Gasteiger partial charge in [-0.25, -0.2) is 0 Å². The fourth-order valence-corrected chi connectivity index (χ4v) is 3.16. The van der Waals surface area contributed by atoms with Crippen LogP contribution in [-0.2, 0) is 0 Å². The topological polar surface area (TPSA) is 69.7 Å². The van der Waals surface area contributed by atoms with E-state index in [0.29, 0.717) is 21.9 Å². The average Bonchev–Trinajstić information content (AvgIpc) is 3.24. The Morgan fingerprint density at radius 3 is 2.62 bits per heavy atom. The molecule has 0 unspecified atom stereocenters. The van der Waals surface area contributed by atoms with Crippen molar-refractivity contribution in [2.75, 3.05) is 6.61 Å². The standard InChI is InChI=1S/C23H17ClO5/c1-13-5-6-15(10-14(13)2)18(25)12-28-23-21(26)17-11-16(24)7-8-19(17)29-22(23)20-4-3-9-27-20/h3-11H,12H2,1-2H3. The number of halogens is 1. The van der Waals surface area contributed by atoms with E-state index in [1.165, 1.54) is 12.3 Å². The molecular formula is C23H17ClO5. The number of ketones is 1. The van der Waals surface area contributed by atoms with E-state index in [1.54, 1.807) is 36.4 Å². The van der Waals surface area contributed by atoms with E-state index in [-0.39, 0.29) is 29.3 Å². The zero-order chi connectivity index (χ0) is 20.5. The summed E-state index contributed by atoms with van der Waals surface area (Å²) in [4.78, 5) is 25.7. The molecule has 2 aromatic heterocycles. The fraction of sp³-hybridized carbons (Fsp3) is 0.130. The van der Waals surface area contributed by atoms with Gasteiger partial charge in [0.05, 0.1) is 11.6 Å².